The summed E-state index contributed by atoms with van der Waals surface area (Å²) in [6.07, 6.45) is 0. The van der Waals surface area contributed by atoms with Gasteiger partial charge in [-0.1, -0.05) is 24.3 Å². The maximum atomic E-state index is 5.74. The van der Waals surface area contributed by atoms with Gasteiger partial charge in [-0.05, 0) is 43.7 Å². The Bertz CT molecular complexity index is 762. The van der Waals surface area contributed by atoms with Crippen LogP contribution in [0.2, 0.25) is 0 Å². The van der Waals surface area contributed by atoms with E-state index in [1.165, 1.54) is 11.3 Å². The zero-order valence-electron chi connectivity index (χ0n) is 12.8. The first-order valence-corrected chi connectivity index (χ1v) is 8.21. The third-order valence-electron chi connectivity index (χ3n) is 3.56. The van der Waals surface area contributed by atoms with E-state index >= 15 is 0 Å². The molecule has 0 aliphatic carbocycles. The summed E-state index contributed by atoms with van der Waals surface area (Å²) in [7, 11) is 0. The second-order valence-corrected chi connectivity index (χ2v) is 6.06. The average Bonchev–Trinajstić information content (AvgIpc) is 2.98. The van der Waals surface area contributed by atoms with Gasteiger partial charge in [0.1, 0.15) is 0 Å². The highest BCUT2D eigenvalue weighted by Gasteiger charge is 2.12. The minimum Gasteiger partial charge on any atom is -0.399 e. The summed E-state index contributed by atoms with van der Waals surface area (Å²) in [5.41, 5.74) is 11.0. The summed E-state index contributed by atoms with van der Waals surface area (Å²) in [6, 6.07) is 16.3. The van der Waals surface area contributed by atoms with Crippen molar-refractivity contribution in [3.8, 4) is 11.3 Å². The van der Waals surface area contributed by atoms with Crippen molar-refractivity contribution >= 4 is 27.8 Å². The lowest BCUT2D eigenvalue weighted by molar-refractivity contribution is 1.01. The fraction of sp³-hybridized carbons (Fsp3) is 0.167. The van der Waals surface area contributed by atoms with Gasteiger partial charge in [0.25, 0.3) is 0 Å². The number of nitrogen functional groups attached to an aromatic ring is 1. The molecule has 0 aliphatic rings. The van der Waals surface area contributed by atoms with E-state index in [1.807, 2.05) is 24.3 Å². The van der Waals surface area contributed by atoms with Crippen molar-refractivity contribution in [3.05, 3.63) is 59.5 Å². The van der Waals surface area contributed by atoms with E-state index in [1.54, 1.807) is 11.3 Å². The van der Waals surface area contributed by atoms with E-state index in [0.717, 1.165) is 28.6 Å². The highest BCUT2D eigenvalue weighted by molar-refractivity contribution is 7.14. The fourth-order valence-electron chi connectivity index (χ4n) is 2.40. The summed E-state index contributed by atoms with van der Waals surface area (Å²) in [5.74, 6) is 0. The molecule has 4 heteroatoms. The Balaban J connectivity index is 1.93. The second kappa shape index (κ2) is 6.20. The van der Waals surface area contributed by atoms with Gasteiger partial charge < -0.3 is 10.6 Å². The number of nitrogens with zero attached hydrogens (tertiary/aromatic N) is 2. The van der Waals surface area contributed by atoms with Gasteiger partial charge in [0, 0.05) is 28.9 Å². The molecule has 0 atom stereocenters. The summed E-state index contributed by atoms with van der Waals surface area (Å²) >= 11 is 1.67. The van der Waals surface area contributed by atoms with Gasteiger partial charge >= 0.3 is 0 Å². The van der Waals surface area contributed by atoms with Gasteiger partial charge in [0.05, 0.1) is 5.69 Å². The number of nitrogens with two attached hydrogens (primary N) is 1. The molecule has 1 heterocycles. The van der Waals surface area contributed by atoms with Crippen LogP contribution in [0.5, 0.6) is 0 Å². The van der Waals surface area contributed by atoms with Crippen LogP contribution in [0.4, 0.5) is 16.5 Å². The number of rotatable bonds is 4. The largest absolute Gasteiger partial charge is 0.399 e. The number of aryl methyl sites for hydroxylation is 1. The molecule has 0 saturated carbocycles. The highest BCUT2D eigenvalue weighted by Crippen LogP contribution is 2.32. The summed E-state index contributed by atoms with van der Waals surface area (Å²) in [6.45, 7) is 5.14. The molecule has 2 N–H and O–H groups in total. The number of aromatic nitrogens is 1. The molecule has 0 amide bonds. The average molecular weight is 309 g/mol. The van der Waals surface area contributed by atoms with Crippen LogP contribution in [0.25, 0.3) is 11.3 Å². The number of hydrogen-bond acceptors (Lipinski definition) is 4. The molecule has 3 aromatic rings. The number of anilines is 3. The van der Waals surface area contributed by atoms with Crippen molar-refractivity contribution in [1.29, 1.82) is 0 Å². The first-order chi connectivity index (χ1) is 10.7. The Morgan fingerprint density at radius 3 is 2.59 bits per heavy atom. The van der Waals surface area contributed by atoms with Crippen molar-refractivity contribution < 1.29 is 0 Å². The van der Waals surface area contributed by atoms with Gasteiger partial charge in [-0.25, -0.2) is 4.98 Å². The third-order valence-corrected chi connectivity index (χ3v) is 4.42. The van der Waals surface area contributed by atoms with Crippen molar-refractivity contribution in [2.75, 3.05) is 17.2 Å². The molecule has 0 unspecified atom stereocenters. The van der Waals surface area contributed by atoms with E-state index in [9.17, 15) is 0 Å². The lowest BCUT2D eigenvalue weighted by atomic mass is 10.1. The zero-order valence-corrected chi connectivity index (χ0v) is 13.6. The smallest absolute Gasteiger partial charge is 0.190 e. The van der Waals surface area contributed by atoms with Crippen LogP contribution in [-0.2, 0) is 0 Å². The SMILES string of the molecule is CCN(c1cccc(C)c1)c1nc(-c2ccc(N)cc2)cs1. The number of benzene rings is 2. The van der Waals surface area contributed by atoms with Crippen molar-refractivity contribution in [2.45, 2.75) is 13.8 Å². The summed E-state index contributed by atoms with van der Waals surface area (Å²) in [5, 5.41) is 3.11. The lowest BCUT2D eigenvalue weighted by Crippen LogP contribution is -2.15. The maximum absolute atomic E-state index is 5.74. The molecule has 0 aliphatic heterocycles. The van der Waals surface area contributed by atoms with Gasteiger partial charge in [-0.2, -0.15) is 0 Å². The predicted molar refractivity (Wildman–Crippen MR) is 95.8 cm³/mol. The van der Waals surface area contributed by atoms with Gasteiger partial charge in [-0.15, -0.1) is 11.3 Å². The maximum Gasteiger partial charge on any atom is 0.190 e. The van der Waals surface area contributed by atoms with Crippen LogP contribution < -0.4 is 10.6 Å². The van der Waals surface area contributed by atoms with Crippen LogP contribution in [0, 0.1) is 6.92 Å². The first kappa shape index (κ1) is 14.6. The molecule has 0 fully saturated rings. The van der Waals surface area contributed by atoms with Gasteiger partial charge in [0.2, 0.25) is 0 Å². The second-order valence-electron chi connectivity index (χ2n) is 5.22. The van der Waals surface area contributed by atoms with Gasteiger partial charge in [0.15, 0.2) is 5.13 Å². The first-order valence-electron chi connectivity index (χ1n) is 7.33. The minimum atomic E-state index is 0.772. The van der Waals surface area contributed by atoms with Crippen LogP contribution in [0.15, 0.2) is 53.9 Å². The number of thiazole rings is 1. The monoisotopic (exact) mass is 309 g/mol. The molecule has 3 nitrogen and oxygen atoms in total. The van der Waals surface area contributed by atoms with Crippen molar-refractivity contribution in [3.63, 3.8) is 0 Å². The zero-order chi connectivity index (χ0) is 15.5. The van der Waals surface area contributed by atoms with Crippen LogP contribution >= 0.6 is 11.3 Å². The number of hydrogen-bond donors (Lipinski definition) is 1. The Labute approximate surface area is 135 Å². The molecule has 0 spiro atoms. The van der Waals surface area contributed by atoms with E-state index in [-0.39, 0.29) is 0 Å². The third kappa shape index (κ3) is 2.97. The molecule has 3 rings (SSSR count). The molecule has 0 radical (unpaired) electrons. The molecular weight excluding hydrogens is 290 g/mol. The van der Waals surface area contributed by atoms with E-state index in [4.69, 9.17) is 10.7 Å². The summed E-state index contributed by atoms with van der Waals surface area (Å²) in [4.78, 5) is 7.03. The Hall–Kier alpha value is -2.33. The predicted octanol–water partition coefficient (Wildman–Crippen LogP) is 4.86. The topological polar surface area (TPSA) is 42.2 Å². The molecular formula is C18H19N3S. The molecule has 22 heavy (non-hydrogen) atoms. The molecule has 0 bridgehead atoms. The summed E-state index contributed by atoms with van der Waals surface area (Å²) < 4.78 is 0. The van der Waals surface area contributed by atoms with E-state index in [0.29, 0.717) is 0 Å². The molecule has 2 aromatic carbocycles. The van der Waals surface area contributed by atoms with E-state index < -0.39 is 0 Å². The van der Waals surface area contributed by atoms with Crippen LogP contribution in [0.1, 0.15) is 12.5 Å². The molecule has 1 aromatic heterocycles. The standard InChI is InChI=1S/C18H19N3S/c1-3-21(16-6-4-5-13(2)11-16)18-20-17(12-22-18)14-7-9-15(19)10-8-14/h4-12H,3,19H2,1-2H3. The molecule has 0 saturated heterocycles. The minimum absolute atomic E-state index is 0.772. The fourth-order valence-corrected chi connectivity index (χ4v) is 3.32. The van der Waals surface area contributed by atoms with Gasteiger partial charge in [-0.3, -0.25) is 0 Å². The van der Waals surface area contributed by atoms with Crippen LogP contribution in [-0.4, -0.2) is 11.5 Å². The quantitative estimate of drug-likeness (QED) is 0.700. The highest BCUT2D eigenvalue weighted by atomic mass is 32.1. The Morgan fingerprint density at radius 2 is 1.91 bits per heavy atom. The normalized spacial score (nSPS) is 10.6. The van der Waals surface area contributed by atoms with E-state index in [2.05, 4.69) is 48.4 Å². The van der Waals surface area contributed by atoms with Crippen molar-refractivity contribution in [2.24, 2.45) is 0 Å². The Morgan fingerprint density at radius 1 is 1.14 bits per heavy atom. The molecule has 112 valence electrons. The Kier molecular flexibility index (Phi) is 4.11. The van der Waals surface area contributed by atoms with Crippen LogP contribution in [0.3, 0.4) is 0 Å². The van der Waals surface area contributed by atoms with Crippen molar-refractivity contribution in [1.82, 2.24) is 4.98 Å². The lowest BCUT2D eigenvalue weighted by Gasteiger charge is -2.20.